The lowest BCUT2D eigenvalue weighted by Crippen LogP contribution is -2.53. The highest BCUT2D eigenvalue weighted by atomic mass is 19.3. The van der Waals surface area contributed by atoms with Gasteiger partial charge in [-0.2, -0.15) is 0 Å². The highest BCUT2D eigenvalue weighted by molar-refractivity contribution is 5.80. The second-order valence-corrected chi connectivity index (χ2v) is 8.23. The normalized spacial score (nSPS) is 32.2. The first kappa shape index (κ1) is 16.9. The number of nitrogens with zero attached hydrogens (tertiary/aromatic N) is 3. The van der Waals surface area contributed by atoms with Gasteiger partial charge in [-0.15, -0.1) is 0 Å². The summed E-state index contributed by atoms with van der Waals surface area (Å²) in [6.45, 7) is 2.75. The first-order chi connectivity index (χ1) is 11.9. The van der Waals surface area contributed by atoms with Crippen LogP contribution in [0.1, 0.15) is 44.2 Å². The molecule has 1 aliphatic heterocycles. The molecule has 0 unspecified atom stereocenters. The number of carbonyl (C=O) groups is 1. The van der Waals surface area contributed by atoms with Gasteiger partial charge in [0.15, 0.2) is 0 Å². The standard InChI is InChI=1S/C18H26F2N4O/c1-23-12-21-9-14(23)10-24-6-5-17(11-24)4-2-3-15(17)16(25)22-13-7-18(19,20)8-13/h9,12-13,15H,2-8,10-11H2,1H3,(H,22,25)/t15-,17-/m1/s1. The predicted molar refractivity (Wildman–Crippen MR) is 89.0 cm³/mol. The van der Waals surface area contributed by atoms with E-state index in [9.17, 15) is 13.6 Å². The molecule has 3 aliphatic rings. The molecule has 0 radical (unpaired) electrons. The van der Waals surface area contributed by atoms with Gasteiger partial charge < -0.3 is 9.88 Å². The fourth-order valence-corrected chi connectivity index (χ4v) is 4.99. The third-order valence-corrected chi connectivity index (χ3v) is 6.43. The summed E-state index contributed by atoms with van der Waals surface area (Å²) in [6.07, 6.45) is 7.31. The Kier molecular flexibility index (Phi) is 4.09. The molecule has 1 spiro atoms. The van der Waals surface area contributed by atoms with Gasteiger partial charge >= 0.3 is 0 Å². The van der Waals surface area contributed by atoms with Gasteiger partial charge in [0.2, 0.25) is 5.91 Å². The Morgan fingerprint density at radius 2 is 2.20 bits per heavy atom. The molecule has 2 heterocycles. The molecule has 4 rings (SSSR count). The molecule has 2 saturated carbocycles. The lowest BCUT2D eigenvalue weighted by Gasteiger charge is -2.38. The number of nitrogens with one attached hydrogen (secondary N) is 1. The van der Waals surface area contributed by atoms with Gasteiger partial charge in [0.1, 0.15) is 0 Å². The molecule has 0 aromatic carbocycles. The Hall–Kier alpha value is -1.50. The molecule has 1 aromatic rings. The number of rotatable bonds is 4. The quantitative estimate of drug-likeness (QED) is 0.905. The smallest absolute Gasteiger partial charge is 0.252 e. The van der Waals surface area contributed by atoms with Crippen molar-refractivity contribution >= 4 is 5.91 Å². The summed E-state index contributed by atoms with van der Waals surface area (Å²) in [7, 11) is 1.99. The van der Waals surface area contributed by atoms with Gasteiger partial charge in [0, 0.05) is 51.1 Å². The van der Waals surface area contributed by atoms with Crippen LogP contribution in [0.4, 0.5) is 8.78 Å². The van der Waals surface area contributed by atoms with E-state index in [4.69, 9.17) is 0 Å². The topological polar surface area (TPSA) is 50.2 Å². The number of amides is 1. The van der Waals surface area contributed by atoms with E-state index in [1.807, 2.05) is 17.8 Å². The van der Waals surface area contributed by atoms with Gasteiger partial charge in [0.25, 0.3) is 5.92 Å². The fourth-order valence-electron chi connectivity index (χ4n) is 4.99. The van der Waals surface area contributed by atoms with Crippen molar-refractivity contribution in [3.05, 3.63) is 18.2 Å². The van der Waals surface area contributed by atoms with Crippen molar-refractivity contribution in [2.75, 3.05) is 13.1 Å². The minimum atomic E-state index is -2.58. The third kappa shape index (κ3) is 3.18. The molecule has 3 fully saturated rings. The van der Waals surface area contributed by atoms with Crippen molar-refractivity contribution in [2.45, 2.75) is 57.0 Å². The van der Waals surface area contributed by atoms with Crippen LogP contribution in [0.5, 0.6) is 0 Å². The van der Waals surface area contributed by atoms with E-state index in [-0.39, 0.29) is 36.1 Å². The summed E-state index contributed by atoms with van der Waals surface area (Å²) in [6, 6.07) is -0.341. The molecule has 0 bridgehead atoms. The van der Waals surface area contributed by atoms with Crippen LogP contribution < -0.4 is 5.32 Å². The maximum Gasteiger partial charge on any atom is 0.252 e. The Bertz CT molecular complexity index is 653. The Morgan fingerprint density at radius 1 is 1.40 bits per heavy atom. The molecule has 1 aromatic heterocycles. The number of imidazole rings is 1. The zero-order valence-corrected chi connectivity index (χ0v) is 14.7. The van der Waals surface area contributed by atoms with Crippen LogP contribution in [0.25, 0.3) is 0 Å². The number of hydrogen-bond acceptors (Lipinski definition) is 3. The molecule has 1 N–H and O–H groups in total. The molecule has 1 amide bonds. The summed E-state index contributed by atoms with van der Waals surface area (Å²) in [4.78, 5) is 19.3. The molecular formula is C18H26F2N4O. The third-order valence-electron chi connectivity index (χ3n) is 6.43. The SMILES string of the molecule is Cn1cncc1CN1CC[C@]2(CCC[C@@H]2C(=O)NC2CC(F)(F)C2)C1. The number of alkyl halides is 2. The van der Waals surface area contributed by atoms with E-state index in [2.05, 4.69) is 15.2 Å². The van der Waals surface area contributed by atoms with Crippen LogP contribution in [0.15, 0.2) is 12.5 Å². The Morgan fingerprint density at radius 3 is 2.88 bits per heavy atom. The van der Waals surface area contributed by atoms with Crippen LogP contribution >= 0.6 is 0 Å². The Balaban J connectivity index is 1.37. The molecule has 2 aliphatic carbocycles. The monoisotopic (exact) mass is 352 g/mol. The van der Waals surface area contributed by atoms with Crippen LogP contribution in [0.3, 0.4) is 0 Å². The Labute approximate surface area is 146 Å². The van der Waals surface area contributed by atoms with Crippen LogP contribution in [0.2, 0.25) is 0 Å². The van der Waals surface area contributed by atoms with Crippen molar-refractivity contribution in [3.63, 3.8) is 0 Å². The first-order valence-electron chi connectivity index (χ1n) is 9.23. The molecule has 5 nitrogen and oxygen atoms in total. The predicted octanol–water partition coefficient (Wildman–Crippen LogP) is 2.33. The van der Waals surface area contributed by atoms with Gasteiger partial charge in [-0.3, -0.25) is 9.69 Å². The average molecular weight is 352 g/mol. The molecule has 138 valence electrons. The largest absolute Gasteiger partial charge is 0.353 e. The maximum absolute atomic E-state index is 13.0. The summed E-state index contributed by atoms with van der Waals surface area (Å²) in [5.74, 6) is -2.61. The maximum atomic E-state index is 13.0. The lowest BCUT2D eigenvalue weighted by atomic mass is 9.76. The highest BCUT2D eigenvalue weighted by Crippen LogP contribution is 2.50. The number of halogens is 2. The van der Waals surface area contributed by atoms with E-state index in [0.29, 0.717) is 0 Å². The summed E-state index contributed by atoms with van der Waals surface area (Å²) in [5.41, 5.74) is 1.20. The number of likely N-dealkylation sites (tertiary alicyclic amines) is 1. The minimum absolute atomic E-state index is 0.000355. The van der Waals surface area contributed by atoms with Gasteiger partial charge in [-0.05, 0) is 31.2 Å². The fraction of sp³-hybridized carbons (Fsp3) is 0.778. The number of aryl methyl sites for hydroxylation is 1. The molecular weight excluding hydrogens is 326 g/mol. The molecule has 7 heteroatoms. The van der Waals surface area contributed by atoms with E-state index in [1.54, 1.807) is 6.33 Å². The van der Waals surface area contributed by atoms with E-state index in [1.165, 1.54) is 5.69 Å². The number of hydrogen-bond donors (Lipinski definition) is 1. The van der Waals surface area contributed by atoms with Crippen LogP contribution in [-0.4, -0.2) is 45.4 Å². The summed E-state index contributed by atoms with van der Waals surface area (Å²) < 4.78 is 28.0. The van der Waals surface area contributed by atoms with Crippen molar-refractivity contribution in [1.29, 1.82) is 0 Å². The molecule has 1 saturated heterocycles. The van der Waals surface area contributed by atoms with Crippen molar-refractivity contribution < 1.29 is 13.6 Å². The second-order valence-electron chi connectivity index (χ2n) is 8.23. The summed E-state index contributed by atoms with van der Waals surface area (Å²) in [5, 5.41) is 2.88. The first-order valence-corrected chi connectivity index (χ1v) is 9.23. The zero-order valence-electron chi connectivity index (χ0n) is 14.7. The van der Waals surface area contributed by atoms with Gasteiger partial charge in [-0.1, -0.05) is 6.42 Å². The van der Waals surface area contributed by atoms with E-state index in [0.717, 1.165) is 45.3 Å². The van der Waals surface area contributed by atoms with Crippen LogP contribution in [0, 0.1) is 11.3 Å². The van der Waals surface area contributed by atoms with Crippen molar-refractivity contribution in [1.82, 2.24) is 19.8 Å². The van der Waals surface area contributed by atoms with Crippen LogP contribution in [-0.2, 0) is 18.4 Å². The minimum Gasteiger partial charge on any atom is -0.353 e. The van der Waals surface area contributed by atoms with Crippen molar-refractivity contribution in [3.8, 4) is 0 Å². The van der Waals surface area contributed by atoms with Crippen molar-refractivity contribution in [2.24, 2.45) is 18.4 Å². The molecule has 25 heavy (non-hydrogen) atoms. The lowest BCUT2D eigenvalue weighted by molar-refractivity contribution is -0.135. The van der Waals surface area contributed by atoms with E-state index < -0.39 is 5.92 Å². The highest BCUT2D eigenvalue weighted by Gasteiger charge is 2.52. The zero-order chi connectivity index (χ0) is 17.7. The number of carbonyl (C=O) groups excluding carboxylic acids is 1. The average Bonchev–Trinajstić information content (AvgIpc) is 3.21. The second kappa shape index (κ2) is 6.04. The molecule has 2 atom stereocenters. The van der Waals surface area contributed by atoms with Gasteiger partial charge in [-0.25, -0.2) is 13.8 Å². The van der Waals surface area contributed by atoms with E-state index >= 15 is 0 Å². The van der Waals surface area contributed by atoms with Gasteiger partial charge in [0.05, 0.1) is 12.0 Å². The number of aromatic nitrogens is 2. The summed E-state index contributed by atoms with van der Waals surface area (Å²) >= 11 is 0.